The number of nitrogens with one attached hydrogen (secondary N) is 3. The van der Waals surface area contributed by atoms with Crippen LogP contribution in [0.5, 0.6) is 0 Å². The molecular formula is C11H17N3O. The van der Waals surface area contributed by atoms with Crippen LogP contribution in [0.2, 0.25) is 0 Å². The van der Waals surface area contributed by atoms with Gasteiger partial charge < -0.3 is 15.6 Å². The minimum atomic E-state index is 0.00807. The number of hydrogen-bond donors (Lipinski definition) is 3. The van der Waals surface area contributed by atoms with Gasteiger partial charge in [-0.05, 0) is 31.5 Å². The zero-order chi connectivity index (χ0) is 10.5. The van der Waals surface area contributed by atoms with Crippen LogP contribution < -0.4 is 10.6 Å². The van der Waals surface area contributed by atoms with Gasteiger partial charge in [-0.15, -0.1) is 0 Å². The third-order valence-corrected chi connectivity index (χ3v) is 2.74. The van der Waals surface area contributed by atoms with Crippen molar-refractivity contribution in [3.8, 4) is 0 Å². The van der Waals surface area contributed by atoms with Crippen molar-refractivity contribution < 1.29 is 4.79 Å². The van der Waals surface area contributed by atoms with Crippen molar-refractivity contribution in [2.75, 3.05) is 6.54 Å². The van der Waals surface area contributed by atoms with Gasteiger partial charge in [0.25, 0.3) is 0 Å². The number of amides is 1. The van der Waals surface area contributed by atoms with Crippen molar-refractivity contribution in [3.05, 3.63) is 24.0 Å². The molecule has 0 spiro atoms. The number of carbonyl (C=O) groups excluding carboxylic acids is 1. The maximum atomic E-state index is 11.7. The number of carbonyl (C=O) groups is 1. The molecule has 1 aromatic rings. The highest BCUT2D eigenvalue weighted by Crippen LogP contribution is 2.06. The average Bonchev–Trinajstić information content (AvgIpc) is 2.80. The molecule has 1 atom stereocenters. The average molecular weight is 207 g/mol. The van der Waals surface area contributed by atoms with Gasteiger partial charge in [0.2, 0.25) is 5.91 Å². The van der Waals surface area contributed by atoms with Crippen molar-refractivity contribution in [3.63, 3.8) is 0 Å². The van der Waals surface area contributed by atoms with Crippen molar-refractivity contribution in [2.45, 2.75) is 31.8 Å². The third-order valence-electron chi connectivity index (χ3n) is 2.74. The van der Waals surface area contributed by atoms with Gasteiger partial charge in [0, 0.05) is 11.9 Å². The fourth-order valence-electron chi connectivity index (χ4n) is 1.86. The van der Waals surface area contributed by atoms with E-state index in [9.17, 15) is 4.79 Å². The molecule has 1 aliphatic heterocycles. The number of hydrogen-bond acceptors (Lipinski definition) is 2. The number of H-pyrrole nitrogens is 1. The molecule has 1 saturated heterocycles. The van der Waals surface area contributed by atoms with Crippen LogP contribution in [0, 0.1) is 0 Å². The fourth-order valence-corrected chi connectivity index (χ4v) is 1.86. The number of piperidine rings is 1. The molecule has 3 N–H and O–H groups in total. The molecule has 1 aliphatic rings. The van der Waals surface area contributed by atoms with Crippen molar-refractivity contribution in [1.82, 2.24) is 15.6 Å². The van der Waals surface area contributed by atoms with Gasteiger partial charge in [0.1, 0.15) is 0 Å². The van der Waals surface area contributed by atoms with E-state index in [0.29, 0.717) is 6.54 Å². The molecule has 4 nitrogen and oxygen atoms in total. The molecule has 1 fully saturated rings. The van der Waals surface area contributed by atoms with E-state index in [1.165, 1.54) is 6.42 Å². The molecule has 2 rings (SSSR count). The summed E-state index contributed by atoms with van der Waals surface area (Å²) in [6.45, 7) is 1.55. The maximum Gasteiger partial charge on any atom is 0.237 e. The van der Waals surface area contributed by atoms with Gasteiger partial charge in [-0.1, -0.05) is 6.42 Å². The van der Waals surface area contributed by atoms with Crippen molar-refractivity contribution >= 4 is 5.91 Å². The van der Waals surface area contributed by atoms with Gasteiger partial charge >= 0.3 is 0 Å². The molecule has 4 heteroatoms. The highest BCUT2D eigenvalue weighted by Gasteiger charge is 2.19. The zero-order valence-corrected chi connectivity index (χ0v) is 8.75. The predicted octanol–water partition coefficient (Wildman–Crippen LogP) is 0.773. The molecule has 0 aliphatic carbocycles. The Hall–Kier alpha value is -1.29. The molecule has 82 valence electrons. The molecule has 2 heterocycles. The van der Waals surface area contributed by atoms with Crippen LogP contribution in [0.25, 0.3) is 0 Å². The summed E-state index contributed by atoms with van der Waals surface area (Å²) in [5, 5.41) is 6.15. The summed E-state index contributed by atoms with van der Waals surface area (Å²) in [5.41, 5.74) is 1.04. The summed E-state index contributed by atoms with van der Waals surface area (Å²) >= 11 is 0. The predicted molar refractivity (Wildman–Crippen MR) is 58.3 cm³/mol. The molecular weight excluding hydrogens is 190 g/mol. The third kappa shape index (κ3) is 2.83. The molecule has 0 aromatic carbocycles. The Bertz CT molecular complexity index is 302. The first-order valence-corrected chi connectivity index (χ1v) is 5.49. The van der Waals surface area contributed by atoms with E-state index in [-0.39, 0.29) is 11.9 Å². The van der Waals surface area contributed by atoms with E-state index in [1.54, 1.807) is 0 Å². The second kappa shape index (κ2) is 4.98. The quantitative estimate of drug-likeness (QED) is 0.686. The van der Waals surface area contributed by atoms with Gasteiger partial charge in [0.05, 0.1) is 12.6 Å². The second-order valence-corrected chi connectivity index (χ2v) is 3.92. The highest BCUT2D eigenvalue weighted by molar-refractivity contribution is 5.81. The Labute approximate surface area is 89.5 Å². The van der Waals surface area contributed by atoms with E-state index in [1.807, 2.05) is 18.3 Å². The highest BCUT2D eigenvalue weighted by atomic mass is 16.2. The molecule has 0 radical (unpaired) electrons. The Kier molecular flexibility index (Phi) is 3.40. The van der Waals surface area contributed by atoms with Crippen LogP contribution in [0.15, 0.2) is 18.3 Å². The normalized spacial score (nSPS) is 21.2. The van der Waals surface area contributed by atoms with Crippen molar-refractivity contribution in [2.24, 2.45) is 0 Å². The van der Waals surface area contributed by atoms with Gasteiger partial charge in [-0.2, -0.15) is 0 Å². The summed E-state index contributed by atoms with van der Waals surface area (Å²) < 4.78 is 0. The first-order valence-electron chi connectivity index (χ1n) is 5.49. The zero-order valence-electron chi connectivity index (χ0n) is 8.75. The molecule has 15 heavy (non-hydrogen) atoms. The first-order chi connectivity index (χ1) is 7.36. The minimum absolute atomic E-state index is 0.00807. The minimum Gasteiger partial charge on any atom is -0.364 e. The second-order valence-electron chi connectivity index (χ2n) is 3.92. The van der Waals surface area contributed by atoms with Crippen LogP contribution in [0.1, 0.15) is 25.0 Å². The van der Waals surface area contributed by atoms with Crippen LogP contribution in [0.4, 0.5) is 0 Å². The lowest BCUT2D eigenvalue weighted by atomic mass is 10.0. The molecule has 1 amide bonds. The van der Waals surface area contributed by atoms with Crippen LogP contribution >= 0.6 is 0 Å². The summed E-state index contributed by atoms with van der Waals surface area (Å²) in [6.07, 6.45) is 5.14. The lowest BCUT2D eigenvalue weighted by Gasteiger charge is -2.22. The molecule has 0 bridgehead atoms. The standard InChI is InChI=1S/C11H17N3O/c15-11(10-5-1-2-6-13-10)14-8-9-4-3-7-12-9/h3-4,7,10,12-13H,1-2,5-6,8H2,(H,14,15). The van der Waals surface area contributed by atoms with E-state index in [4.69, 9.17) is 0 Å². The SMILES string of the molecule is O=C(NCc1ccc[nH]1)C1CCCCN1. The molecule has 1 unspecified atom stereocenters. The Balaban J connectivity index is 1.76. The summed E-state index contributed by atoms with van der Waals surface area (Å²) in [7, 11) is 0. The van der Waals surface area contributed by atoms with E-state index in [0.717, 1.165) is 25.1 Å². The largest absolute Gasteiger partial charge is 0.364 e. The summed E-state index contributed by atoms with van der Waals surface area (Å²) in [6, 6.07) is 3.91. The van der Waals surface area contributed by atoms with E-state index >= 15 is 0 Å². The Morgan fingerprint density at radius 3 is 3.13 bits per heavy atom. The summed E-state index contributed by atoms with van der Waals surface area (Å²) in [4.78, 5) is 14.8. The number of rotatable bonds is 3. The lowest BCUT2D eigenvalue weighted by Crippen LogP contribution is -2.46. The smallest absolute Gasteiger partial charge is 0.237 e. The molecule has 0 saturated carbocycles. The van der Waals surface area contributed by atoms with Crippen LogP contribution in [0.3, 0.4) is 0 Å². The van der Waals surface area contributed by atoms with Gasteiger partial charge in [-0.25, -0.2) is 0 Å². The molecule has 1 aromatic heterocycles. The number of aromatic nitrogens is 1. The summed E-state index contributed by atoms with van der Waals surface area (Å²) in [5.74, 6) is 0.115. The first kappa shape index (κ1) is 10.2. The number of aromatic amines is 1. The van der Waals surface area contributed by atoms with E-state index < -0.39 is 0 Å². The van der Waals surface area contributed by atoms with Crippen LogP contribution in [-0.4, -0.2) is 23.5 Å². The lowest BCUT2D eigenvalue weighted by molar-refractivity contribution is -0.123. The van der Waals surface area contributed by atoms with Gasteiger partial charge in [-0.3, -0.25) is 4.79 Å². The van der Waals surface area contributed by atoms with E-state index in [2.05, 4.69) is 15.6 Å². The Morgan fingerprint density at radius 2 is 2.47 bits per heavy atom. The maximum absolute atomic E-state index is 11.7. The van der Waals surface area contributed by atoms with Crippen LogP contribution in [-0.2, 0) is 11.3 Å². The monoisotopic (exact) mass is 207 g/mol. The fraction of sp³-hybridized carbons (Fsp3) is 0.545. The van der Waals surface area contributed by atoms with Gasteiger partial charge in [0.15, 0.2) is 0 Å². The Morgan fingerprint density at radius 1 is 1.53 bits per heavy atom. The van der Waals surface area contributed by atoms with Crippen molar-refractivity contribution in [1.29, 1.82) is 0 Å². The topological polar surface area (TPSA) is 56.9 Å².